The van der Waals surface area contributed by atoms with Crippen molar-refractivity contribution in [3.05, 3.63) is 52.6 Å². The minimum Gasteiger partial charge on any atom is -0.347 e. The zero-order chi connectivity index (χ0) is 18.7. The van der Waals surface area contributed by atoms with Crippen molar-refractivity contribution in [3.63, 3.8) is 0 Å². The zero-order valence-corrected chi connectivity index (χ0v) is 15.6. The molecule has 0 spiro atoms. The second-order valence-corrected chi connectivity index (χ2v) is 7.08. The molecule has 0 radical (unpaired) electrons. The highest BCUT2D eigenvalue weighted by Gasteiger charge is 2.27. The number of imidazole rings is 1. The molecule has 2 aromatic rings. The first-order valence-corrected chi connectivity index (χ1v) is 9.20. The first kappa shape index (κ1) is 18.2. The van der Waals surface area contributed by atoms with Gasteiger partial charge in [0, 0.05) is 19.1 Å². The first-order valence-electron chi connectivity index (χ1n) is 9.20. The standard InChI is InChI=1S/C20H26N4O2/c1-13(2)22-20(26)18-23-17(16-10-6-7-11-24(16)18)19(25)21-12-15-9-5-4-8-14(15)3/h4-5,8-9,13H,6-7,10-12H2,1-3H3,(H,21,25)(H,22,26). The third kappa shape index (κ3) is 3.79. The molecule has 1 aromatic carbocycles. The average molecular weight is 354 g/mol. The van der Waals surface area contributed by atoms with Crippen LogP contribution in [0.4, 0.5) is 0 Å². The summed E-state index contributed by atoms with van der Waals surface area (Å²) in [6.07, 6.45) is 2.78. The molecule has 2 N–H and O–H groups in total. The van der Waals surface area contributed by atoms with E-state index < -0.39 is 0 Å². The number of benzene rings is 1. The molecule has 0 saturated heterocycles. The van der Waals surface area contributed by atoms with E-state index in [1.165, 1.54) is 0 Å². The minimum atomic E-state index is -0.221. The van der Waals surface area contributed by atoms with Gasteiger partial charge in [-0.2, -0.15) is 0 Å². The predicted octanol–water partition coefficient (Wildman–Crippen LogP) is 2.60. The number of aryl methyl sites for hydroxylation is 1. The molecule has 26 heavy (non-hydrogen) atoms. The normalized spacial score (nSPS) is 13.4. The van der Waals surface area contributed by atoms with Crippen LogP contribution in [0.25, 0.3) is 0 Å². The van der Waals surface area contributed by atoms with E-state index >= 15 is 0 Å². The lowest BCUT2D eigenvalue weighted by Crippen LogP contribution is -2.33. The summed E-state index contributed by atoms with van der Waals surface area (Å²) in [6.45, 7) is 7.02. The average Bonchev–Trinajstić information content (AvgIpc) is 3.00. The molecule has 0 unspecified atom stereocenters. The number of carbonyl (C=O) groups is 2. The molecule has 3 rings (SSSR count). The van der Waals surface area contributed by atoms with Gasteiger partial charge in [0.2, 0.25) is 0 Å². The molecule has 0 atom stereocenters. The molecule has 0 fully saturated rings. The second kappa shape index (κ2) is 7.72. The van der Waals surface area contributed by atoms with E-state index in [1.807, 2.05) is 49.6 Å². The summed E-state index contributed by atoms with van der Waals surface area (Å²) in [5.41, 5.74) is 3.46. The van der Waals surface area contributed by atoms with E-state index in [0.717, 1.165) is 42.6 Å². The quantitative estimate of drug-likeness (QED) is 0.866. The molecule has 2 heterocycles. The number of nitrogens with one attached hydrogen (secondary N) is 2. The van der Waals surface area contributed by atoms with Crippen molar-refractivity contribution in [1.82, 2.24) is 20.2 Å². The zero-order valence-electron chi connectivity index (χ0n) is 15.6. The fraction of sp³-hybridized carbons (Fsp3) is 0.450. The number of rotatable bonds is 5. The van der Waals surface area contributed by atoms with Crippen molar-refractivity contribution in [2.75, 3.05) is 0 Å². The highest BCUT2D eigenvalue weighted by Crippen LogP contribution is 2.21. The number of amides is 2. The van der Waals surface area contributed by atoms with Crippen molar-refractivity contribution < 1.29 is 9.59 Å². The van der Waals surface area contributed by atoms with Gasteiger partial charge in [-0.15, -0.1) is 0 Å². The summed E-state index contributed by atoms with van der Waals surface area (Å²) < 4.78 is 1.91. The number of hydrogen-bond acceptors (Lipinski definition) is 3. The predicted molar refractivity (Wildman–Crippen MR) is 100 cm³/mol. The van der Waals surface area contributed by atoms with Crippen LogP contribution in [0, 0.1) is 6.92 Å². The van der Waals surface area contributed by atoms with Crippen LogP contribution in [0.3, 0.4) is 0 Å². The van der Waals surface area contributed by atoms with Crippen LogP contribution in [-0.4, -0.2) is 27.4 Å². The van der Waals surface area contributed by atoms with Crippen LogP contribution >= 0.6 is 0 Å². The maximum atomic E-state index is 12.7. The van der Waals surface area contributed by atoms with Gasteiger partial charge in [-0.25, -0.2) is 4.98 Å². The number of fused-ring (bicyclic) bond motifs is 1. The Bertz CT molecular complexity index is 823. The van der Waals surface area contributed by atoms with Crippen molar-refractivity contribution in [2.45, 2.75) is 59.2 Å². The lowest BCUT2D eigenvalue weighted by atomic mass is 10.1. The molecular formula is C20H26N4O2. The maximum absolute atomic E-state index is 12.7. The molecule has 6 heteroatoms. The van der Waals surface area contributed by atoms with Crippen LogP contribution < -0.4 is 10.6 Å². The number of aromatic nitrogens is 2. The molecule has 0 aliphatic carbocycles. The Morgan fingerprint density at radius 3 is 2.69 bits per heavy atom. The van der Waals surface area contributed by atoms with E-state index in [-0.39, 0.29) is 17.9 Å². The summed E-state index contributed by atoms with van der Waals surface area (Å²) in [5, 5.41) is 5.83. The van der Waals surface area contributed by atoms with Crippen molar-refractivity contribution in [1.29, 1.82) is 0 Å². The van der Waals surface area contributed by atoms with E-state index in [2.05, 4.69) is 15.6 Å². The highest BCUT2D eigenvalue weighted by molar-refractivity contribution is 5.97. The minimum absolute atomic E-state index is 0.0253. The summed E-state index contributed by atoms with van der Waals surface area (Å²) in [7, 11) is 0. The monoisotopic (exact) mass is 354 g/mol. The van der Waals surface area contributed by atoms with Crippen LogP contribution in [-0.2, 0) is 19.5 Å². The van der Waals surface area contributed by atoms with Gasteiger partial charge in [0.15, 0.2) is 5.82 Å². The SMILES string of the molecule is Cc1ccccc1CNC(=O)c1nc(C(=O)NC(C)C)n2c1CCCC2. The van der Waals surface area contributed by atoms with Crippen LogP contribution in [0.2, 0.25) is 0 Å². The van der Waals surface area contributed by atoms with Gasteiger partial charge in [0.1, 0.15) is 5.69 Å². The fourth-order valence-corrected chi connectivity index (χ4v) is 3.29. The summed E-state index contributed by atoms with van der Waals surface area (Å²) in [4.78, 5) is 29.6. The van der Waals surface area contributed by atoms with E-state index in [0.29, 0.717) is 18.1 Å². The molecular weight excluding hydrogens is 328 g/mol. The van der Waals surface area contributed by atoms with Gasteiger partial charge in [0.05, 0.1) is 5.69 Å². The molecule has 138 valence electrons. The topological polar surface area (TPSA) is 76.0 Å². The Labute approximate surface area is 154 Å². The molecule has 0 saturated carbocycles. The summed E-state index contributed by atoms with van der Waals surface area (Å²) in [6, 6.07) is 7.99. The number of nitrogens with zero attached hydrogens (tertiary/aromatic N) is 2. The van der Waals surface area contributed by atoms with Gasteiger partial charge in [-0.1, -0.05) is 24.3 Å². The fourth-order valence-electron chi connectivity index (χ4n) is 3.29. The number of carbonyl (C=O) groups excluding carboxylic acids is 2. The second-order valence-electron chi connectivity index (χ2n) is 7.08. The Hall–Kier alpha value is -2.63. The van der Waals surface area contributed by atoms with Crippen LogP contribution in [0.15, 0.2) is 24.3 Å². The van der Waals surface area contributed by atoms with Crippen molar-refractivity contribution >= 4 is 11.8 Å². The lowest BCUT2D eigenvalue weighted by Gasteiger charge is -2.17. The van der Waals surface area contributed by atoms with Gasteiger partial charge >= 0.3 is 0 Å². The van der Waals surface area contributed by atoms with Gasteiger partial charge < -0.3 is 15.2 Å². The largest absolute Gasteiger partial charge is 0.347 e. The Balaban J connectivity index is 1.82. The lowest BCUT2D eigenvalue weighted by molar-refractivity contribution is 0.0927. The van der Waals surface area contributed by atoms with E-state index in [9.17, 15) is 9.59 Å². The third-order valence-corrected chi connectivity index (χ3v) is 4.66. The van der Waals surface area contributed by atoms with Crippen molar-refractivity contribution in [3.8, 4) is 0 Å². The van der Waals surface area contributed by atoms with Gasteiger partial charge in [-0.05, 0) is 51.2 Å². The Morgan fingerprint density at radius 1 is 1.19 bits per heavy atom. The first-order chi connectivity index (χ1) is 12.5. The molecule has 1 aliphatic rings. The van der Waals surface area contributed by atoms with E-state index in [1.54, 1.807) is 0 Å². The molecule has 1 aromatic heterocycles. The molecule has 0 bridgehead atoms. The third-order valence-electron chi connectivity index (χ3n) is 4.66. The van der Waals surface area contributed by atoms with Gasteiger partial charge in [0.25, 0.3) is 11.8 Å². The summed E-state index contributed by atoms with van der Waals surface area (Å²) >= 11 is 0. The van der Waals surface area contributed by atoms with Crippen LogP contribution in [0.1, 0.15) is 64.6 Å². The molecule has 2 amide bonds. The number of hydrogen-bond donors (Lipinski definition) is 2. The Morgan fingerprint density at radius 2 is 1.96 bits per heavy atom. The van der Waals surface area contributed by atoms with E-state index in [4.69, 9.17) is 0 Å². The summed E-state index contributed by atoms with van der Waals surface area (Å²) in [5.74, 6) is -0.0990. The van der Waals surface area contributed by atoms with Crippen molar-refractivity contribution in [2.24, 2.45) is 0 Å². The highest BCUT2D eigenvalue weighted by atomic mass is 16.2. The molecule has 1 aliphatic heterocycles. The maximum Gasteiger partial charge on any atom is 0.287 e. The molecule has 6 nitrogen and oxygen atoms in total. The smallest absolute Gasteiger partial charge is 0.287 e. The van der Waals surface area contributed by atoms with Crippen LogP contribution in [0.5, 0.6) is 0 Å². The Kier molecular flexibility index (Phi) is 5.40. The van der Waals surface area contributed by atoms with Gasteiger partial charge in [-0.3, -0.25) is 9.59 Å².